The predicted octanol–water partition coefficient (Wildman–Crippen LogP) is 3.75. The van der Waals surface area contributed by atoms with Crippen LogP contribution in [-0.4, -0.2) is 5.97 Å². The fourth-order valence-corrected chi connectivity index (χ4v) is 1.80. The lowest BCUT2D eigenvalue weighted by Gasteiger charge is -2.02. The molecule has 0 saturated heterocycles. The van der Waals surface area contributed by atoms with Gasteiger partial charge >= 0.3 is 5.97 Å². The first kappa shape index (κ1) is 12.4. The van der Waals surface area contributed by atoms with Crippen molar-refractivity contribution in [1.29, 1.82) is 0 Å². The van der Waals surface area contributed by atoms with Crippen LogP contribution in [0, 0.1) is 6.92 Å². The van der Waals surface area contributed by atoms with E-state index in [4.69, 9.17) is 9.15 Å². The molecule has 1 aromatic carbocycles. The summed E-state index contributed by atoms with van der Waals surface area (Å²) >= 11 is 0. The molecule has 0 fully saturated rings. The lowest BCUT2D eigenvalue weighted by Crippen LogP contribution is -2.03. The minimum Gasteiger partial charge on any atom is -0.457 e. The van der Waals surface area contributed by atoms with Crippen LogP contribution >= 0.6 is 0 Å². The summed E-state index contributed by atoms with van der Waals surface area (Å²) < 4.78 is 10.8. The molecule has 0 amide bonds. The van der Waals surface area contributed by atoms with Gasteiger partial charge in [-0.2, -0.15) is 0 Å². The Labute approximate surface area is 106 Å². The summed E-state index contributed by atoms with van der Waals surface area (Å²) in [6.45, 7) is 5.73. The van der Waals surface area contributed by atoms with Gasteiger partial charge in [0.25, 0.3) is 0 Å². The zero-order valence-electron chi connectivity index (χ0n) is 10.4. The van der Waals surface area contributed by atoms with Crippen LogP contribution in [0.3, 0.4) is 0 Å². The zero-order chi connectivity index (χ0) is 13.0. The van der Waals surface area contributed by atoms with Gasteiger partial charge < -0.3 is 9.15 Å². The van der Waals surface area contributed by atoms with Gasteiger partial charge in [0.2, 0.25) is 0 Å². The average molecular weight is 244 g/mol. The number of para-hydroxylation sites is 1. The molecule has 3 heteroatoms. The van der Waals surface area contributed by atoms with Crippen molar-refractivity contribution in [3.63, 3.8) is 0 Å². The van der Waals surface area contributed by atoms with Crippen molar-refractivity contribution in [3.05, 3.63) is 48.2 Å². The van der Waals surface area contributed by atoms with Crippen molar-refractivity contribution in [2.24, 2.45) is 0 Å². The molecule has 0 N–H and O–H groups in total. The molecule has 0 unspecified atom stereocenters. The van der Waals surface area contributed by atoms with Gasteiger partial charge in [0.15, 0.2) is 0 Å². The maximum absolute atomic E-state index is 11.4. The predicted molar refractivity (Wildman–Crippen MR) is 70.2 cm³/mol. The van der Waals surface area contributed by atoms with E-state index in [1.165, 1.54) is 0 Å². The molecule has 3 nitrogen and oxygen atoms in total. The molecule has 94 valence electrons. The molecule has 0 spiro atoms. The van der Waals surface area contributed by atoms with Gasteiger partial charge in [-0.1, -0.05) is 24.3 Å². The van der Waals surface area contributed by atoms with Gasteiger partial charge in [-0.15, -0.1) is 6.58 Å². The number of hydrogen-bond acceptors (Lipinski definition) is 3. The minimum atomic E-state index is -0.227. The summed E-state index contributed by atoms with van der Waals surface area (Å²) in [5, 5.41) is 1.06. The van der Waals surface area contributed by atoms with Gasteiger partial charge in [0, 0.05) is 17.4 Å². The number of carbonyl (C=O) groups excluding carboxylic acids is 1. The molecule has 0 atom stereocenters. The first-order valence-corrected chi connectivity index (χ1v) is 5.96. The van der Waals surface area contributed by atoms with E-state index in [2.05, 4.69) is 6.58 Å². The van der Waals surface area contributed by atoms with Crippen molar-refractivity contribution in [3.8, 4) is 0 Å². The van der Waals surface area contributed by atoms with Crippen LogP contribution in [0.15, 0.2) is 41.3 Å². The number of furan rings is 1. The maximum Gasteiger partial charge on any atom is 0.306 e. The summed E-state index contributed by atoms with van der Waals surface area (Å²) in [5.74, 6) is 0.484. The minimum absolute atomic E-state index is 0.191. The van der Waals surface area contributed by atoms with Crippen molar-refractivity contribution in [2.75, 3.05) is 0 Å². The van der Waals surface area contributed by atoms with Crippen molar-refractivity contribution < 1.29 is 13.9 Å². The summed E-state index contributed by atoms with van der Waals surface area (Å²) in [5.41, 5.74) is 1.86. The lowest BCUT2D eigenvalue weighted by atomic mass is 10.1. The topological polar surface area (TPSA) is 39.4 Å². The number of allylic oxidation sites excluding steroid dienone is 1. The number of hydrogen-bond donors (Lipinski definition) is 0. The summed E-state index contributed by atoms with van der Waals surface area (Å²) in [6.07, 6.45) is 2.70. The van der Waals surface area contributed by atoms with Crippen LogP contribution in [-0.2, 0) is 16.1 Å². The Balaban J connectivity index is 2.05. The van der Waals surface area contributed by atoms with E-state index in [1.54, 1.807) is 6.08 Å². The summed E-state index contributed by atoms with van der Waals surface area (Å²) in [4.78, 5) is 11.4. The van der Waals surface area contributed by atoms with E-state index in [0.717, 1.165) is 16.5 Å². The Kier molecular flexibility index (Phi) is 3.82. The van der Waals surface area contributed by atoms with E-state index in [-0.39, 0.29) is 12.6 Å². The van der Waals surface area contributed by atoms with Crippen LogP contribution < -0.4 is 0 Å². The normalized spacial score (nSPS) is 10.5. The highest BCUT2D eigenvalue weighted by molar-refractivity contribution is 5.81. The van der Waals surface area contributed by atoms with E-state index in [0.29, 0.717) is 18.6 Å². The Morgan fingerprint density at radius 2 is 2.22 bits per heavy atom. The van der Waals surface area contributed by atoms with E-state index < -0.39 is 0 Å². The molecule has 0 aliphatic heterocycles. The lowest BCUT2D eigenvalue weighted by molar-refractivity contribution is -0.145. The number of rotatable bonds is 5. The Morgan fingerprint density at radius 1 is 1.44 bits per heavy atom. The molecule has 0 aliphatic carbocycles. The molecule has 0 radical (unpaired) electrons. The number of carbonyl (C=O) groups is 1. The van der Waals surface area contributed by atoms with Gasteiger partial charge in [0.05, 0.1) is 0 Å². The van der Waals surface area contributed by atoms with Gasteiger partial charge in [-0.3, -0.25) is 4.79 Å². The third-order valence-corrected chi connectivity index (χ3v) is 2.86. The van der Waals surface area contributed by atoms with E-state index in [9.17, 15) is 4.79 Å². The third kappa shape index (κ3) is 2.62. The maximum atomic E-state index is 11.4. The summed E-state index contributed by atoms with van der Waals surface area (Å²) in [7, 11) is 0. The van der Waals surface area contributed by atoms with E-state index in [1.807, 2.05) is 31.2 Å². The highest BCUT2D eigenvalue weighted by Gasteiger charge is 2.11. The molecular formula is C15H16O3. The molecular weight excluding hydrogens is 228 g/mol. The molecule has 0 bridgehead atoms. The van der Waals surface area contributed by atoms with Crippen LogP contribution in [0.25, 0.3) is 11.0 Å². The van der Waals surface area contributed by atoms with Crippen molar-refractivity contribution in [1.82, 2.24) is 0 Å². The molecule has 0 saturated carbocycles. The van der Waals surface area contributed by atoms with Crippen LogP contribution in [0.5, 0.6) is 0 Å². The first-order valence-electron chi connectivity index (χ1n) is 5.96. The standard InChI is InChI=1S/C15H16O3/c1-3-4-9-15(16)17-10-14-11(2)12-7-5-6-8-13(12)18-14/h3,5-8H,1,4,9-10H2,2H3. The number of aryl methyl sites for hydroxylation is 1. The number of benzene rings is 1. The first-order chi connectivity index (χ1) is 8.72. The molecule has 1 heterocycles. The van der Waals surface area contributed by atoms with Crippen molar-refractivity contribution in [2.45, 2.75) is 26.4 Å². The number of fused-ring (bicyclic) bond motifs is 1. The molecule has 2 aromatic rings. The van der Waals surface area contributed by atoms with Crippen LogP contribution in [0.1, 0.15) is 24.2 Å². The van der Waals surface area contributed by atoms with Crippen molar-refractivity contribution >= 4 is 16.9 Å². The van der Waals surface area contributed by atoms with Gasteiger partial charge in [-0.25, -0.2) is 0 Å². The van der Waals surface area contributed by atoms with Gasteiger partial charge in [-0.05, 0) is 19.4 Å². The van der Waals surface area contributed by atoms with Crippen LogP contribution in [0.2, 0.25) is 0 Å². The quantitative estimate of drug-likeness (QED) is 0.594. The third-order valence-electron chi connectivity index (χ3n) is 2.86. The molecule has 2 rings (SSSR count). The Hall–Kier alpha value is -2.03. The molecule has 18 heavy (non-hydrogen) atoms. The smallest absolute Gasteiger partial charge is 0.306 e. The average Bonchev–Trinajstić information content (AvgIpc) is 2.71. The summed E-state index contributed by atoms with van der Waals surface area (Å²) in [6, 6.07) is 7.79. The fraction of sp³-hybridized carbons (Fsp3) is 0.267. The highest BCUT2D eigenvalue weighted by Crippen LogP contribution is 2.25. The Morgan fingerprint density at radius 3 is 2.94 bits per heavy atom. The molecule has 1 aromatic heterocycles. The van der Waals surface area contributed by atoms with E-state index >= 15 is 0 Å². The second-order valence-corrected chi connectivity index (χ2v) is 4.13. The monoisotopic (exact) mass is 244 g/mol. The second-order valence-electron chi connectivity index (χ2n) is 4.13. The zero-order valence-corrected chi connectivity index (χ0v) is 10.4. The SMILES string of the molecule is C=CCCC(=O)OCc1oc2ccccc2c1C. The van der Waals surface area contributed by atoms with Crippen LogP contribution in [0.4, 0.5) is 0 Å². The fourth-order valence-electron chi connectivity index (χ4n) is 1.80. The van der Waals surface area contributed by atoms with Gasteiger partial charge in [0.1, 0.15) is 18.0 Å². The highest BCUT2D eigenvalue weighted by atomic mass is 16.5. The number of ether oxygens (including phenoxy) is 1. The second kappa shape index (κ2) is 5.54. The largest absolute Gasteiger partial charge is 0.457 e. The number of esters is 1. The molecule has 0 aliphatic rings. The Bertz CT molecular complexity index is 566.